The van der Waals surface area contributed by atoms with E-state index in [0.717, 1.165) is 28.7 Å². The van der Waals surface area contributed by atoms with Crippen LogP contribution < -0.4 is 4.90 Å². The van der Waals surface area contributed by atoms with Gasteiger partial charge in [-0.1, -0.05) is 6.07 Å². The molecule has 0 aromatic carbocycles. The van der Waals surface area contributed by atoms with E-state index < -0.39 is 0 Å². The van der Waals surface area contributed by atoms with Gasteiger partial charge in [0.05, 0.1) is 4.88 Å². The van der Waals surface area contributed by atoms with Crippen molar-refractivity contribution in [3.05, 3.63) is 53.1 Å². The van der Waals surface area contributed by atoms with Gasteiger partial charge in [0.1, 0.15) is 10.7 Å². The van der Waals surface area contributed by atoms with Gasteiger partial charge in [0.15, 0.2) is 0 Å². The summed E-state index contributed by atoms with van der Waals surface area (Å²) < 4.78 is 0. The zero-order chi connectivity index (χ0) is 16.4. The quantitative estimate of drug-likeness (QED) is 0.723. The fourth-order valence-corrected chi connectivity index (χ4v) is 4.38. The highest BCUT2D eigenvalue weighted by atomic mass is 32.1. The Bertz CT molecular complexity index is 808. The van der Waals surface area contributed by atoms with Gasteiger partial charge >= 0.3 is 0 Å². The maximum absolute atomic E-state index is 12.7. The first-order valence-corrected chi connectivity index (χ1v) is 9.51. The molecule has 3 aromatic rings. The number of hydrogen-bond acceptors (Lipinski definition) is 6. The average Bonchev–Trinajstić information content (AvgIpc) is 3.33. The first-order valence-electron chi connectivity index (χ1n) is 7.75. The van der Waals surface area contributed by atoms with Crippen LogP contribution >= 0.6 is 22.7 Å². The molecule has 122 valence electrons. The lowest BCUT2D eigenvalue weighted by molar-refractivity contribution is 0.0742. The van der Waals surface area contributed by atoms with Crippen LogP contribution in [0.3, 0.4) is 0 Å². The summed E-state index contributed by atoms with van der Waals surface area (Å²) in [7, 11) is 0. The molecule has 0 aliphatic carbocycles. The molecule has 4 rings (SSSR count). The van der Waals surface area contributed by atoms with Crippen molar-refractivity contribution < 1.29 is 4.79 Å². The van der Waals surface area contributed by atoms with Gasteiger partial charge in [-0.25, -0.2) is 4.98 Å². The topological polar surface area (TPSA) is 49.3 Å². The fraction of sp³-hybridized carbons (Fsp3) is 0.235. The van der Waals surface area contributed by atoms with Gasteiger partial charge in [-0.3, -0.25) is 9.78 Å². The minimum atomic E-state index is 0.0310. The number of carbonyl (C=O) groups is 1. The second-order valence-electron chi connectivity index (χ2n) is 5.50. The molecule has 24 heavy (non-hydrogen) atoms. The smallest absolute Gasteiger partial charge is 0.273 e. The van der Waals surface area contributed by atoms with E-state index in [4.69, 9.17) is 0 Å². The number of thiazole rings is 1. The monoisotopic (exact) mass is 356 g/mol. The molecular weight excluding hydrogens is 340 g/mol. The van der Waals surface area contributed by atoms with Gasteiger partial charge in [0, 0.05) is 49.6 Å². The van der Waals surface area contributed by atoms with E-state index in [9.17, 15) is 4.79 Å². The van der Waals surface area contributed by atoms with Crippen LogP contribution in [-0.4, -0.2) is 47.0 Å². The van der Waals surface area contributed by atoms with Gasteiger partial charge in [-0.2, -0.15) is 0 Å². The molecule has 1 fully saturated rings. The molecule has 4 heterocycles. The predicted molar refractivity (Wildman–Crippen MR) is 97.8 cm³/mol. The Morgan fingerprint density at radius 3 is 2.54 bits per heavy atom. The third kappa shape index (κ3) is 3.05. The van der Waals surface area contributed by atoms with Gasteiger partial charge in [-0.15, -0.1) is 22.7 Å². The molecule has 1 aliphatic rings. The van der Waals surface area contributed by atoms with Crippen LogP contribution in [0.2, 0.25) is 0 Å². The number of nitrogens with zero attached hydrogens (tertiary/aromatic N) is 4. The number of pyridine rings is 1. The molecule has 0 spiro atoms. The maximum atomic E-state index is 12.7. The third-order valence-corrected chi connectivity index (χ3v) is 5.93. The highest BCUT2D eigenvalue weighted by molar-refractivity contribution is 7.20. The number of piperazine rings is 1. The number of carbonyl (C=O) groups excluding carboxylic acids is 1. The predicted octanol–water partition coefficient (Wildman–Crippen LogP) is 3.23. The van der Waals surface area contributed by atoms with E-state index in [1.807, 2.05) is 39.9 Å². The van der Waals surface area contributed by atoms with Crippen molar-refractivity contribution in [3.63, 3.8) is 0 Å². The number of amides is 1. The standard InChI is InChI=1S/C17H16N4OS2/c22-17(14-12-24-16(19-14)15-2-1-11-23-15)21-9-7-20(8-10-21)13-3-5-18-6-4-13/h1-6,11-12H,7-10H2. The summed E-state index contributed by atoms with van der Waals surface area (Å²) in [6.07, 6.45) is 3.60. The molecule has 1 amide bonds. The molecule has 0 unspecified atom stereocenters. The van der Waals surface area contributed by atoms with Crippen LogP contribution in [0, 0.1) is 0 Å². The Balaban J connectivity index is 1.41. The minimum absolute atomic E-state index is 0.0310. The van der Waals surface area contributed by atoms with Crippen molar-refractivity contribution >= 4 is 34.3 Å². The Morgan fingerprint density at radius 2 is 1.83 bits per heavy atom. The van der Waals surface area contributed by atoms with Crippen molar-refractivity contribution in [1.29, 1.82) is 0 Å². The lowest BCUT2D eigenvalue weighted by Gasteiger charge is -2.35. The van der Waals surface area contributed by atoms with Crippen LogP contribution in [0.4, 0.5) is 5.69 Å². The van der Waals surface area contributed by atoms with Gasteiger partial charge in [-0.05, 0) is 23.6 Å². The second-order valence-corrected chi connectivity index (χ2v) is 7.31. The second kappa shape index (κ2) is 6.70. The van der Waals surface area contributed by atoms with Crippen LogP contribution in [0.15, 0.2) is 47.4 Å². The van der Waals surface area contributed by atoms with Gasteiger partial charge < -0.3 is 9.80 Å². The largest absolute Gasteiger partial charge is 0.368 e. The zero-order valence-electron chi connectivity index (χ0n) is 13.0. The summed E-state index contributed by atoms with van der Waals surface area (Å²) >= 11 is 3.18. The molecule has 0 N–H and O–H groups in total. The maximum Gasteiger partial charge on any atom is 0.273 e. The van der Waals surface area contributed by atoms with Crippen molar-refractivity contribution in [2.24, 2.45) is 0 Å². The van der Waals surface area contributed by atoms with Crippen molar-refractivity contribution in [2.75, 3.05) is 31.1 Å². The molecule has 1 aliphatic heterocycles. The number of aromatic nitrogens is 2. The molecule has 0 radical (unpaired) electrons. The van der Waals surface area contributed by atoms with Gasteiger partial charge in [0.25, 0.3) is 5.91 Å². The lowest BCUT2D eigenvalue weighted by atomic mass is 10.2. The summed E-state index contributed by atoms with van der Waals surface area (Å²) in [6.45, 7) is 3.09. The van der Waals surface area contributed by atoms with E-state index in [2.05, 4.69) is 14.9 Å². The molecule has 1 saturated heterocycles. The summed E-state index contributed by atoms with van der Waals surface area (Å²) in [5, 5.41) is 4.81. The van der Waals surface area contributed by atoms with E-state index >= 15 is 0 Å². The molecule has 0 bridgehead atoms. The summed E-state index contributed by atoms with van der Waals surface area (Å²) in [5.74, 6) is 0.0310. The molecular formula is C17H16N4OS2. The lowest BCUT2D eigenvalue weighted by Crippen LogP contribution is -2.48. The number of hydrogen-bond donors (Lipinski definition) is 0. The van der Waals surface area contributed by atoms with E-state index in [1.165, 1.54) is 11.3 Å². The molecule has 0 atom stereocenters. The van der Waals surface area contributed by atoms with Crippen molar-refractivity contribution in [3.8, 4) is 9.88 Å². The first kappa shape index (κ1) is 15.3. The zero-order valence-corrected chi connectivity index (χ0v) is 14.6. The SMILES string of the molecule is O=C(c1csc(-c2cccs2)n1)N1CCN(c2ccncc2)CC1. The highest BCUT2D eigenvalue weighted by Gasteiger charge is 2.24. The van der Waals surface area contributed by atoms with Crippen LogP contribution in [0.1, 0.15) is 10.5 Å². The van der Waals surface area contributed by atoms with Crippen LogP contribution in [-0.2, 0) is 0 Å². The normalized spacial score (nSPS) is 14.8. The van der Waals surface area contributed by atoms with Crippen molar-refractivity contribution in [1.82, 2.24) is 14.9 Å². The van der Waals surface area contributed by atoms with Gasteiger partial charge in [0.2, 0.25) is 0 Å². The highest BCUT2D eigenvalue weighted by Crippen LogP contribution is 2.28. The minimum Gasteiger partial charge on any atom is -0.368 e. The third-order valence-electron chi connectivity index (χ3n) is 4.05. The molecule has 3 aromatic heterocycles. The van der Waals surface area contributed by atoms with E-state index in [-0.39, 0.29) is 5.91 Å². The Hall–Kier alpha value is -2.25. The molecule has 7 heteroatoms. The Labute approximate surface area is 148 Å². The van der Waals surface area contributed by atoms with Crippen molar-refractivity contribution in [2.45, 2.75) is 0 Å². The number of rotatable bonds is 3. The Kier molecular flexibility index (Phi) is 4.27. The average molecular weight is 356 g/mol. The van der Waals surface area contributed by atoms with Crippen LogP contribution in [0.5, 0.6) is 0 Å². The van der Waals surface area contributed by atoms with E-state index in [1.54, 1.807) is 23.7 Å². The summed E-state index contributed by atoms with van der Waals surface area (Å²) in [5.41, 5.74) is 1.71. The van der Waals surface area contributed by atoms with E-state index in [0.29, 0.717) is 18.8 Å². The Morgan fingerprint density at radius 1 is 1.04 bits per heavy atom. The first-order chi connectivity index (χ1) is 11.8. The molecule has 0 saturated carbocycles. The molecule has 5 nitrogen and oxygen atoms in total. The number of anilines is 1. The fourth-order valence-electron chi connectivity index (χ4n) is 2.77. The van der Waals surface area contributed by atoms with Crippen LogP contribution in [0.25, 0.3) is 9.88 Å². The summed E-state index contributed by atoms with van der Waals surface area (Å²) in [4.78, 5) is 26.5. The summed E-state index contributed by atoms with van der Waals surface area (Å²) in [6, 6.07) is 8.04. The number of thiophene rings is 1.